The van der Waals surface area contributed by atoms with E-state index in [0.717, 1.165) is 25.1 Å². The zero-order valence-corrected chi connectivity index (χ0v) is 15.5. The van der Waals surface area contributed by atoms with E-state index in [1.54, 1.807) is 24.3 Å². The van der Waals surface area contributed by atoms with Crippen LogP contribution >= 0.6 is 0 Å². The first kappa shape index (κ1) is 16.8. The Balaban J connectivity index is 1.35. The Morgan fingerprint density at radius 2 is 1.36 bits per heavy atom. The quantitative estimate of drug-likeness (QED) is 0.653. The van der Waals surface area contributed by atoms with Gasteiger partial charge in [-0.25, -0.2) is 0 Å². The first-order valence-corrected chi connectivity index (χ1v) is 9.56. The Hall–Kier alpha value is -3.40. The minimum absolute atomic E-state index is 0.209. The third-order valence-electron chi connectivity index (χ3n) is 5.57. The van der Waals surface area contributed by atoms with Gasteiger partial charge in [0.2, 0.25) is 0 Å². The average Bonchev–Trinajstić information content (AvgIpc) is 3.24. The molecule has 0 fully saturated rings. The molecule has 28 heavy (non-hydrogen) atoms. The highest BCUT2D eigenvalue weighted by atomic mass is 16.2. The van der Waals surface area contributed by atoms with Gasteiger partial charge in [0.15, 0.2) is 0 Å². The molecule has 138 valence electrons. The van der Waals surface area contributed by atoms with E-state index in [2.05, 4.69) is 41.3 Å². The van der Waals surface area contributed by atoms with E-state index < -0.39 is 0 Å². The molecule has 2 amide bonds. The molecule has 0 atom stereocenters. The van der Waals surface area contributed by atoms with Gasteiger partial charge >= 0.3 is 0 Å². The third kappa shape index (κ3) is 2.78. The molecule has 4 nitrogen and oxygen atoms in total. The molecule has 0 N–H and O–H groups in total. The molecule has 3 aromatic rings. The third-order valence-corrected chi connectivity index (χ3v) is 5.57. The summed E-state index contributed by atoms with van der Waals surface area (Å²) in [5.74, 6) is -0.418. The van der Waals surface area contributed by atoms with Crippen LogP contribution in [0.25, 0.3) is 0 Å². The molecule has 3 aromatic carbocycles. The summed E-state index contributed by atoms with van der Waals surface area (Å²) in [5, 5.41) is 0. The van der Waals surface area contributed by atoms with Gasteiger partial charge in [0, 0.05) is 18.8 Å². The predicted molar refractivity (Wildman–Crippen MR) is 108 cm³/mol. The second-order valence-electron chi connectivity index (χ2n) is 7.36. The summed E-state index contributed by atoms with van der Waals surface area (Å²) < 4.78 is 0. The van der Waals surface area contributed by atoms with Crippen molar-refractivity contribution in [2.75, 3.05) is 11.4 Å². The fourth-order valence-electron chi connectivity index (χ4n) is 4.18. The van der Waals surface area contributed by atoms with Crippen LogP contribution in [0.3, 0.4) is 0 Å². The number of amides is 2. The summed E-state index contributed by atoms with van der Waals surface area (Å²) in [7, 11) is 0. The molecule has 0 aliphatic carbocycles. The highest BCUT2D eigenvalue weighted by Gasteiger charge is 2.34. The molecule has 5 rings (SSSR count). The highest BCUT2D eigenvalue weighted by molar-refractivity contribution is 6.21. The van der Waals surface area contributed by atoms with E-state index in [1.165, 1.54) is 21.7 Å². The van der Waals surface area contributed by atoms with Gasteiger partial charge in [-0.3, -0.25) is 14.5 Å². The fraction of sp³-hybridized carbons (Fsp3) is 0.167. The Morgan fingerprint density at radius 1 is 0.714 bits per heavy atom. The lowest BCUT2D eigenvalue weighted by molar-refractivity contribution is 0.0642. The van der Waals surface area contributed by atoms with Gasteiger partial charge in [0.25, 0.3) is 11.8 Å². The lowest BCUT2D eigenvalue weighted by Gasteiger charge is -2.20. The van der Waals surface area contributed by atoms with Crippen molar-refractivity contribution in [1.29, 1.82) is 0 Å². The van der Waals surface area contributed by atoms with Crippen molar-refractivity contribution in [3.8, 4) is 0 Å². The molecule has 4 heteroatoms. The van der Waals surface area contributed by atoms with E-state index in [9.17, 15) is 9.59 Å². The molecule has 0 unspecified atom stereocenters. The van der Waals surface area contributed by atoms with Gasteiger partial charge in [-0.1, -0.05) is 54.6 Å². The Morgan fingerprint density at radius 3 is 2.11 bits per heavy atom. The summed E-state index contributed by atoms with van der Waals surface area (Å²) in [5.41, 5.74) is 5.85. The van der Waals surface area contributed by atoms with E-state index in [0.29, 0.717) is 17.7 Å². The number of nitrogens with zero attached hydrogens (tertiary/aromatic N) is 2. The molecule has 0 aromatic heterocycles. The van der Waals surface area contributed by atoms with Crippen molar-refractivity contribution in [1.82, 2.24) is 4.90 Å². The van der Waals surface area contributed by atoms with Crippen LogP contribution in [0.5, 0.6) is 0 Å². The monoisotopic (exact) mass is 368 g/mol. The topological polar surface area (TPSA) is 40.6 Å². The van der Waals surface area contributed by atoms with E-state index in [4.69, 9.17) is 0 Å². The minimum Gasteiger partial charge on any atom is -0.367 e. The van der Waals surface area contributed by atoms with Gasteiger partial charge in [-0.2, -0.15) is 0 Å². The molecule has 0 radical (unpaired) electrons. The largest absolute Gasteiger partial charge is 0.367 e. The maximum Gasteiger partial charge on any atom is 0.261 e. The molecular formula is C24H20N2O2. The fourth-order valence-corrected chi connectivity index (χ4v) is 4.18. The van der Waals surface area contributed by atoms with Crippen LogP contribution < -0.4 is 4.90 Å². The van der Waals surface area contributed by atoms with E-state index >= 15 is 0 Å². The Bertz CT molecular complexity index is 1050. The number of carbonyl (C=O) groups excluding carboxylic acids is 2. The molecule has 2 aliphatic rings. The predicted octanol–water partition coefficient (Wildman–Crippen LogP) is 4.05. The number of benzene rings is 3. The van der Waals surface area contributed by atoms with Crippen molar-refractivity contribution in [2.45, 2.75) is 19.5 Å². The summed E-state index contributed by atoms with van der Waals surface area (Å²) in [6.07, 6.45) is 1.07. The van der Waals surface area contributed by atoms with Gasteiger partial charge in [0.1, 0.15) is 0 Å². The number of para-hydroxylation sites is 1. The Labute approximate surface area is 164 Å². The normalized spacial score (nSPS) is 15.1. The number of carbonyl (C=O) groups is 2. The van der Waals surface area contributed by atoms with Crippen molar-refractivity contribution in [3.05, 3.63) is 101 Å². The average molecular weight is 368 g/mol. The molecule has 0 bridgehead atoms. The molecule has 2 heterocycles. The van der Waals surface area contributed by atoms with E-state index in [1.807, 2.05) is 12.1 Å². The smallest absolute Gasteiger partial charge is 0.261 e. The molecular weight excluding hydrogens is 348 g/mol. The number of imide groups is 1. The standard InChI is InChI=1S/C24H20N2O2/c27-23-20-9-2-3-10-21(20)24(28)26(23)16-18-7-5-6-17(14-18)15-25-13-12-19-8-1-4-11-22(19)25/h1-11,14H,12-13,15-16H2. The number of hydrogen-bond acceptors (Lipinski definition) is 3. The first-order chi connectivity index (χ1) is 13.7. The minimum atomic E-state index is -0.209. The van der Waals surface area contributed by atoms with Crippen LogP contribution in [-0.4, -0.2) is 23.3 Å². The van der Waals surface area contributed by atoms with E-state index in [-0.39, 0.29) is 11.8 Å². The highest BCUT2D eigenvalue weighted by Crippen LogP contribution is 2.29. The van der Waals surface area contributed by atoms with Crippen LogP contribution in [0.2, 0.25) is 0 Å². The SMILES string of the molecule is O=C1c2ccccc2C(=O)N1Cc1cccc(CN2CCc3ccccc32)c1. The molecule has 2 aliphatic heterocycles. The van der Waals surface area contributed by atoms with Crippen molar-refractivity contribution < 1.29 is 9.59 Å². The van der Waals surface area contributed by atoms with Gasteiger partial charge < -0.3 is 4.90 Å². The summed E-state index contributed by atoms with van der Waals surface area (Å²) >= 11 is 0. The van der Waals surface area contributed by atoms with Crippen LogP contribution in [0, 0.1) is 0 Å². The van der Waals surface area contributed by atoms with Crippen molar-refractivity contribution in [2.24, 2.45) is 0 Å². The molecule has 0 spiro atoms. The number of rotatable bonds is 4. The lowest BCUT2D eigenvalue weighted by Crippen LogP contribution is -2.29. The summed E-state index contributed by atoms with van der Waals surface area (Å²) in [6, 6.07) is 23.7. The Kier molecular flexibility index (Phi) is 3.97. The van der Waals surface area contributed by atoms with Gasteiger partial charge in [-0.15, -0.1) is 0 Å². The number of anilines is 1. The zero-order chi connectivity index (χ0) is 19.1. The second kappa shape index (κ2) is 6.64. The zero-order valence-electron chi connectivity index (χ0n) is 15.5. The molecule has 0 saturated carbocycles. The summed E-state index contributed by atoms with van der Waals surface area (Å²) in [4.78, 5) is 28.9. The van der Waals surface area contributed by atoms with Crippen LogP contribution in [0.15, 0.2) is 72.8 Å². The van der Waals surface area contributed by atoms with Crippen LogP contribution in [0.4, 0.5) is 5.69 Å². The summed E-state index contributed by atoms with van der Waals surface area (Å²) in [6.45, 7) is 2.14. The lowest BCUT2D eigenvalue weighted by atomic mass is 10.1. The number of fused-ring (bicyclic) bond motifs is 2. The van der Waals surface area contributed by atoms with Crippen molar-refractivity contribution >= 4 is 17.5 Å². The van der Waals surface area contributed by atoms with Crippen LogP contribution in [0.1, 0.15) is 37.4 Å². The van der Waals surface area contributed by atoms with Crippen LogP contribution in [-0.2, 0) is 19.5 Å². The molecule has 0 saturated heterocycles. The van der Waals surface area contributed by atoms with Gasteiger partial charge in [-0.05, 0) is 41.3 Å². The van der Waals surface area contributed by atoms with Gasteiger partial charge in [0.05, 0.1) is 17.7 Å². The number of hydrogen-bond donors (Lipinski definition) is 0. The maximum absolute atomic E-state index is 12.6. The maximum atomic E-state index is 12.6. The second-order valence-corrected chi connectivity index (χ2v) is 7.36. The first-order valence-electron chi connectivity index (χ1n) is 9.56. The van der Waals surface area contributed by atoms with Crippen molar-refractivity contribution in [3.63, 3.8) is 0 Å².